The Balaban J connectivity index is 2.12. The van der Waals surface area contributed by atoms with Gasteiger partial charge >= 0.3 is 0 Å². The van der Waals surface area contributed by atoms with Gasteiger partial charge in [0, 0.05) is 0 Å². The van der Waals surface area contributed by atoms with Crippen molar-refractivity contribution in [3.63, 3.8) is 0 Å². The fourth-order valence-electron chi connectivity index (χ4n) is 3.68. The van der Waals surface area contributed by atoms with Crippen molar-refractivity contribution in [2.24, 2.45) is 22.6 Å². The van der Waals surface area contributed by atoms with Crippen LogP contribution in [0.5, 0.6) is 0 Å². The first-order chi connectivity index (χ1) is 7.05. The minimum Gasteiger partial charge on any atom is -0.388 e. The van der Waals surface area contributed by atoms with Gasteiger partial charge in [-0.2, -0.15) is 0 Å². The molecule has 0 spiro atoms. The summed E-state index contributed by atoms with van der Waals surface area (Å²) < 4.78 is 0. The lowest BCUT2D eigenvalue weighted by molar-refractivity contribution is -0.106. The minimum absolute atomic E-state index is 0.104. The Morgan fingerprint density at radius 1 is 1.20 bits per heavy atom. The van der Waals surface area contributed by atoms with Crippen LogP contribution in [0.25, 0.3) is 0 Å². The first-order valence-electron chi connectivity index (χ1n) is 5.80. The molecule has 84 valence electrons. The van der Waals surface area contributed by atoms with Crippen LogP contribution in [0.3, 0.4) is 0 Å². The summed E-state index contributed by atoms with van der Waals surface area (Å²) in [5.41, 5.74) is 4.23. The molecule has 5 rings (SSSR count). The van der Waals surface area contributed by atoms with Crippen LogP contribution in [-0.4, -0.2) is 33.8 Å². The maximum atomic E-state index is 10.6. The van der Waals surface area contributed by atoms with E-state index in [-0.39, 0.29) is 11.8 Å². The van der Waals surface area contributed by atoms with Crippen molar-refractivity contribution in [3.8, 4) is 0 Å². The highest BCUT2D eigenvalue weighted by Gasteiger charge is 2.58. The van der Waals surface area contributed by atoms with Gasteiger partial charge in [0.1, 0.15) is 11.4 Å². The van der Waals surface area contributed by atoms with Gasteiger partial charge in [0.05, 0.1) is 12.1 Å². The molecule has 0 aromatic rings. The molecule has 15 heavy (non-hydrogen) atoms. The molecule has 4 N–H and O–H groups in total. The molecule has 4 unspecified atom stereocenters. The van der Waals surface area contributed by atoms with E-state index in [1.54, 1.807) is 0 Å². The fourth-order valence-corrected chi connectivity index (χ4v) is 3.68. The number of hydrogen-bond acceptors (Lipinski definition) is 4. The van der Waals surface area contributed by atoms with E-state index in [1.807, 2.05) is 0 Å². The highest BCUT2D eigenvalue weighted by Crippen LogP contribution is 2.52. The van der Waals surface area contributed by atoms with Gasteiger partial charge in [-0.3, -0.25) is 4.99 Å². The number of hydrogen-bond donors (Lipinski definition) is 3. The fraction of sp³-hybridized carbons (Fsp3) is 0.909. The van der Waals surface area contributed by atoms with Crippen molar-refractivity contribution < 1.29 is 10.2 Å². The molecule has 4 bridgehead atoms. The molecule has 4 atom stereocenters. The quantitative estimate of drug-likeness (QED) is 0.528. The topological polar surface area (TPSA) is 78.8 Å². The molecule has 2 heterocycles. The van der Waals surface area contributed by atoms with Gasteiger partial charge < -0.3 is 15.9 Å². The van der Waals surface area contributed by atoms with E-state index in [9.17, 15) is 10.2 Å². The number of nitrogens with two attached hydrogens (primary N) is 1. The van der Waals surface area contributed by atoms with Gasteiger partial charge in [0.25, 0.3) is 0 Å². The molecule has 4 heteroatoms. The van der Waals surface area contributed by atoms with Crippen molar-refractivity contribution >= 4 is 5.84 Å². The highest BCUT2D eigenvalue weighted by atomic mass is 16.3. The summed E-state index contributed by atoms with van der Waals surface area (Å²) in [7, 11) is 0. The third-order valence-electron chi connectivity index (χ3n) is 4.66. The van der Waals surface area contributed by atoms with Gasteiger partial charge in [-0.1, -0.05) is 6.42 Å². The maximum Gasteiger partial charge on any atom is 0.126 e. The number of rotatable bonds is 0. The molecule has 2 aliphatic heterocycles. The van der Waals surface area contributed by atoms with Crippen LogP contribution in [-0.2, 0) is 0 Å². The molecule has 0 aromatic carbocycles. The Kier molecular flexibility index (Phi) is 1.75. The molecular weight excluding hydrogens is 192 g/mol. The molecule has 3 aliphatic carbocycles. The SMILES string of the molecule is NC1=NCC2(O)CC3CCCC2CC13O. The third-order valence-corrected chi connectivity index (χ3v) is 4.66. The average Bonchev–Trinajstić information content (AvgIpc) is 2.51. The van der Waals surface area contributed by atoms with Crippen LogP contribution in [0.15, 0.2) is 4.99 Å². The van der Waals surface area contributed by atoms with Crippen LogP contribution in [0, 0.1) is 11.8 Å². The van der Waals surface area contributed by atoms with Crippen LogP contribution in [0.4, 0.5) is 0 Å². The number of amidine groups is 1. The lowest BCUT2D eigenvalue weighted by Gasteiger charge is -2.45. The van der Waals surface area contributed by atoms with Crippen LogP contribution >= 0.6 is 0 Å². The highest BCUT2D eigenvalue weighted by molar-refractivity contribution is 5.90. The second-order valence-corrected chi connectivity index (χ2v) is 5.46. The van der Waals surface area contributed by atoms with Crippen molar-refractivity contribution in [2.45, 2.75) is 43.3 Å². The molecule has 0 radical (unpaired) electrons. The van der Waals surface area contributed by atoms with Crippen molar-refractivity contribution in [3.05, 3.63) is 0 Å². The smallest absolute Gasteiger partial charge is 0.126 e. The van der Waals surface area contributed by atoms with E-state index >= 15 is 0 Å². The van der Waals surface area contributed by atoms with Gasteiger partial charge in [-0.05, 0) is 37.5 Å². The Bertz CT molecular complexity index is 331. The van der Waals surface area contributed by atoms with E-state index in [0.29, 0.717) is 25.2 Å². The van der Waals surface area contributed by atoms with Gasteiger partial charge in [-0.25, -0.2) is 0 Å². The number of nitrogens with zero attached hydrogens (tertiary/aromatic N) is 1. The Labute approximate surface area is 89.2 Å². The second-order valence-electron chi connectivity index (χ2n) is 5.46. The zero-order valence-electron chi connectivity index (χ0n) is 8.82. The molecule has 0 aromatic heterocycles. The van der Waals surface area contributed by atoms with E-state index < -0.39 is 11.2 Å². The third kappa shape index (κ3) is 1.12. The predicted octanol–water partition coefficient (Wildman–Crippen LogP) is 0.0295. The summed E-state index contributed by atoms with van der Waals surface area (Å²) in [6.45, 7) is 0.377. The molecular formula is C11H18N2O2. The summed E-state index contributed by atoms with van der Waals surface area (Å²) in [5.74, 6) is 0.631. The van der Waals surface area contributed by atoms with Gasteiger partial charge in [0.2, 0.25) is 0 Å². The normalized spacial score (nSPS) is 53.6. The Hall–Kier alpha value is -0.610. The van der Waals surface area contributed by atoms with Gasteiger partial charge in [-0.15, -0.1) is 0 Å². The Morgan fingerprint density at radius 2 is 1.93 bits per heavy atom. The van der Waals surface area contributed by atoms with Crippen LogP contribution < -0.4 is 5.73 Å². The number of aliphatic hydroxyl groups is 2. The summed E-state index contributed by atoms with van der Waals surface area (Å²) in [6, 6.07) is 0. The standard InChI is InChI=1S/C11H18N2O2/c12-9-11(15)5-7-2-1-3-8(11)4-10(7,14)6-13-9/h7-8,14-15H,1-6H2,(H2,12,13). The Morgan fingerprint density at radius 3 is 2.73 bits per heavy atom. The summed E-state index contributed by atoms with van der Waals surface area (Å²) in [4.78, 5) is 4.17. The van der Waals surface area contributed by atoms with E-state index in [2.05, 4.69) is 4.99 Å². The monoisotopic (exact) mass is 210 g/mol. The zero-order chi connectivity index (χ0) is 10.7. The van der Waals surface area contributed by atoms with Crippen LogP contribution in [0.1, 0.15) is 32.1 Å². The molecule has 0 amide bonds. The molecule has 3 fully saturated rings. The molecule has 5 aliphatic rings. The zero-order valence-corrected chi connectivity index (χ0v) is 8.82. The van der Waals surface area contributed by atoms with Crippen molar-refractivity contribution in [1.82, 2.24) is 0 Å². The maximum absolute atomic E-state index is 10.6. The van der Waals surface area contributed by atoms with E-state index in [4.69, 9.17) is 5.73 Å². The number of aliphatic imine (C=N–C) groups is 1. The summed E-state index contributed by atoms with van der Waals surface area (Å²) in [5, 5.41) is 21.1. The van der Waals surface area contributed by atoms with Gasteiger partial charge in [0.15, 0.2) is 0 Å². The number of fused-ring (bicyclic) bond motifs is 3. The molecule has 3 saturated carbocycles. The van der Waals surface area contributed by atoms with E-state index in [0.717, 1.165) is 19.3 Å². The first-order valence-corrected chi connectivity index (χ1v) is 5.80. The second kappa shape index (κ2) is 2.74. The van der Waals surface area contributed by atoms with Crippen molar-refractivity contribution in [1.29, 1.82) is 0 Å². The summed E-state index contributed by atoms with van der Waals surface area (Å²) in [6.07, 6.45) is 4.32. The van der Waals surface area contributed by atoms with E-state index in [1.165, 1.54) is 0 Å². The lowest BCUT2D eigenvalue weighted by Crippen LogP contribution is -2.57. The molecule has 0 saturated heterocycles. The largest absolute Gasteiger partial charge is 0.388 e. The minimum atomic E-state index is -0.927. The lowest BCUT2D eigenvalue weighted by atomic mass is 9.65. The predicted molar refractivity (Wildman–Crippen MR) is 56.5 cm³/mol. The molecule has 4 nitrogen and oxygen atoms in total. The van der Waals surface area contributed by atoms with Crippen molar-refractivity contribution in [2.75, 3.05) is 6.54 Å². The van der Waals surface area contributed by atoms with Crippen LogP contribution in [0.2, 0.25) is 0 Å². The first kappa shape index (κ1) is 9.60. The average molecular weight is 210 g/mol. The summed E-state index contributed by atoms with van der Waals surface area (Å²) >= 11 is 0.